The van der Waals surface area contributed by atoms with Crippen molar-refractivity contribution in [3.8, 4) is 0 Å². The van der Waals surface area contributed by atoms with E-state index in [1.165, 1.54) is 4.57 Å². The fourth-order valence-corrected chi connectivity index (χ4v) is 1.98. The molecule has 0 radical (unpaired) electrons. The highest BCUT2D eigenvalue weighted by atomic mass is 16.4. The maximum atomic E-state index is 12.2. The highest BCUT2D eigenvalue weighted by molar-refractivity contribution is 5.85. The molecule has 0 spiro atoms. The number of carbonyl (C=O) groups excluding carboxylic acids is 1. The van der Waals surface area contributed by atoms with E-state index in [-0.39, 0.29) is 5.56 Å². The van der Waals surface area contributed by atoms with E-state index in [9.17, 15) is 14.4 Å². The normalized spacial score (nSPS) is 13.6. The van der Waals surface area contributed by atoms with Crippen LogP contribution >= 0.6 is 0 Å². The summed E-state index contributed by atoms with van der Waals surface area (Å²) in [5.74, 6) is -1.53. The van der Waals surface area contributed by atoms with Crippen LogP contribution in [0, 0.1) is 6.92 Å². The molecule has 0 aliphatic carbocycles. The van der Waals surface area contributed by atoms with E-state index >= 15 is 0 Å². The van der Waals surface area contributed by atoms with Crippen molar-refractivity contribution in [3.63, 3.8) is 0 Å². The van der Waals surface area contributed by atoms with E-state index in [0.29, 0.717) is 18.4 Å². The minimum atomic E-state index is -1.08. The Bertz CT molecular complexity index is 550. The van der Waals surface area contributed by atoms with Crippen LogP contribution in [0.15, 0.2) is 23.1 Å². The fraction of sp³-hybridized carbons (Fsp3) is 0.500. The number of carbonyl (C=O) groups is 2. The van der Waals surface area contributed by atoms with Crippen molar-refractivity contribution in [2.75, 3.05) is 0 Å². The summed E-state index contributed by atoms with van der Waals surface area (Å²) in [6.45, 7) is 5.13. The monoisotopic (exact) mass is 280 g/mol. The lowest BCUT2D eigenvalue weighted by Gasteiger charge is -2.20. The first kappa shape index (κ1) is 15.9. The van der Waals surface area contributed by atoms with E-state index in [2.05, 4.69) is 5.32 Å². The van der Waals surface area contributed by atoms with Gasteiger partial charge in [0.15, 0.2) is 0 Å². The summed E-state index contributed by atoms with van der Waals surface area (Å²) in [4.78, 5) is 35.2. The number of hydrogen-bond acceptors (Lipinski definition) is 3. The zero-order valence-corrected chi connectivity index (χ0v) is 11.9. The summed E-state index contributed by atoms with van der Waals surface area (Å²) in [6, 6.07) is 1.74. The van der Waals surface area contributed by atoms with Crippen molar-refractivity contribution in [2.24, 2.45) is 0 Å². The molecule has 1 aromatic heterocycles. The maximum absolute atomic E-state index is 12.2. The van der Waals surface area contributed by atoms with Gasteiger partial charge >= 0.3 is 5.97 Å². The van der Waals surface area contributed by atoms with Gasteiger partial charge in [0.25, 0.3) is 5.56 Å². The predicted molar refractivity (Wildman–Crippen MR) is 74.6 cm³/mol. The van der Waals surface area contributed by atoms with Crippen LogP contribution < -0.4 is 10.9 Å². The third-order valence-electron chi connectivity index (χ3n) is 3.21. The number of carboxylic acid groups (broad SMARTS) is 1. The number of aliphatic carboxylic acids is 1. The lowest BCUT2D eigenvalue weighted by Crippen LogP contribution is -2.45. The number of nitrogens with zero attached hydrogens (tertiary/aromatic N) is 1. The Labute approximate surface area is 117 Å². The van der Waals surface area contributed by atoms with Gasteiger partial charge in [0.2, 0.25) is 5.91 Å². The second-order valence-electron chi connectivity index (χ2n) is 4.64. The molecule has 1 aromatic rings. The summed E-state index contributed by atoms with van der Waals surface area (Å²) in [5.41, 5.74) is 0.307. The standard InChI is InChI=1S/C14H20N2O4/c1-4-10(14(19)20)15-12(17)11(5-2)16-8-6-7-9(3)13(16)18/h6-8,10-11H,4-5H2,1-3H3,(H,15,17)(H,19,20). The third-order valence-corrected chi connectivity index (χ3v) is 3.21. The molecule has 0 aromatic carbocycles. The highest BCUT2D eigenvalue weighted by Gasteiger charge is 2.24. The van der Waals surface area contributed by atoms with Crippen molar-refractivity contribution < 1.29 is 14.7 Å². The van der Waals surface area contributed by atoms with Gasteiger partial charge in [-0.1, -0.05) is 19.9 Å². The third kappa shape index (κ3) is 3.46. The number of rotatable bonds is 6. The van der Waals surface area contributed by atoms with E-state index < -0.39 is 24.0 Å². The number of amides is 1. The van der Waals surface area contributed by atoms with Crippen molar-refractivity contribution in [1.82, 2.24) is 9.88 Å². The first-order valence-corrected chi connectivity index (χ1v) is 6.63. The molecule has 1 heterocycles. The molecule has 2 unspecified atom stereocenters. The quantitative estimate of drug-likeness (QED) is 0.816. The van der Waals surface area contributed by atoms with Gasteiger partial charge in [0.05, 0.1) is 0 Å². The predicted octanol–water partition coefficient (Wildman–Crippen LogP) is 1.09. The number of pyridine rings is 1. The Morgan fingerprint density at radius 2 is 2.00 bits per heavy atom. The van der Waals surface area contributed by atoms with Crippen LogP contribution in [0.1, 0.15) is 38.3 Å². The largest absolute Gasteiger partial charge is 0.480 e. The lowest BCUT2D eigenvalue weighted by atomic mass is 10.1. The van der Waals surface area contributed by atoms with Gasteiger partial charge in [-0.3, -0.25) is 9.59 Å². The second-order valence-corrected chi connectivity index (χ2v) is 4.64. The summed E-state index contributed by atoms with van der Waals surface area (Å²) >= 11 is 0. The molecule has 1 amide bonds. The smallest absolute Gasteiger partial charge is 0.326 e. The Balaban J connectivity index is 3.01. The first-order valence-electron chi connectivity index (χ1n) is 6.63. The minimum absolute atomic E-state index is 0.238. The molecule has 0 fully saturated rings. The van der Waals surface area contributed by atoms with Gasteiger partial charge in [-0.25, -0.2) is 4.79 Å². The molecule has 0 saturated carbocycles. The van der Waals surface area contributed by atoms with E-state index in [1.54, 1.807) is 39.1 Å². The van der Waals surface area contributed by atoms with Crippen LogP contribution in [-0.2, 0) is 9.59 Å². The number of hydrogen-bond donors (Lipinski definition) is 2. The highest BCUT2D eigenvalue weighted by Crippen LogP contribution is 2.10. The molecule has 0 bridgehead atoms. The fourth-order valence-electron chi connectivity index (χ4n) is 1.98. The number of aromatic nitrogens is 1. The van der Waals surface area contributed by atoms with Gasteiger partial charge in [0.1, 0.15) is 12.1 Å². The number of aryl methyl sites for hydroxylation is 1. The second kappa shape index (κ2) is 6.88. The molecule has 0 aliphatic rings. The molecular formula is C14H20N2O4. The van der Waals surface area contributed by atoms with Crippen LogP contribution in [0.25, 0.3) is 0 Å². The topological polar surface area (TPSA) is 88.4 Å². The van der Waals surface area contributed by atoms with Crippen LogP contribution in [0.4, 0.5) is 0 Å². The van der Waals surface area contributed by atoms with E-state index in [1.807, 2.05) is 0 Å². The van der Waals surface area contributed by atoms with Crippen molar-refractivity contribution in [1.29, 1.82) is 0 Å². The SMILES string of the molecule is CCC(NC(=O)C(CC)n1cccc(C)c1=O)C(=O)O. The van der Waals surface area contributed by atoms with Crippen LogP contribution in [0.5, 0.6) is 0 Å². The number of carboxylic acids is 1. The van der Waals surface area contributed by atoms with Crippen LogP contribution in [0.2, 0.25) is 0 Å². The summed E-state index contributed by atoms with van der Waals surface area (Å²) in [5, 5.41) is 11.4. The summed E-state index contributed by atoms with van der Waals surface area (Å²) in [7, 11) is 0. The minimum Gasteiger partial charge on any atom is -0.480 e. The molecule has 0 aliphatic heterocycles. The van der Waals surface area contributed by atoms with Gasteiger partial charge in [0, 0.05) is 11.8 Å². The van der Waals surface area contributed by atoms with Gasteiger partial charge < -0.3 is 15.0 Å². The van der Waals surface area contributed by atoms with Gasteiger partial charge in [-0.05, 0) is 25.8 Å². The average molecular weight is 280 g/mol. The Morgan fingerprint density at radius 3 is 2.50 bits per heavy atom. The molecular weight excluding hydrogens is 260 g/mol. The molecule has 0 saturated heterocycles. The Morgan fingerprint density at radius 1 is 1.35 bits per heavy atom. The van der Waals surface area contributed by atoms with E-state index in [0.717, 1.165) is 0 Å². The Hall–Kier alpha value is -2.11. The molecule has 1 rings (SSSR count). The van der Waals surface area contributed by atoms with Crippen LogP contribution in [-0.4, -0.2) is 27.6 Å². The molecule has 2 atom stereocenters. The zero-order chi connectivity index (χ0) is 15.3. The summed E-state index contributed by atoms with van der Waals surface area (Å²) < 4.78 is 1.35. The molecule has 20 heavy (non-hydrogen) atoms. The average Bonchev–Trinajstić information content (AvgIpc) is 2.41. The van der Waals surface area contributed by atoms with Gasteiger partial charge in [-0.2, -0.15) is 0 Å². The van der Waals surface area contributed by atoms with Crippen molar-refractivity contribution >= 4 is 11.9 Å². The van der Waals surface area contributed by atoms with Gasteiger partial charge in [-0.15, -0.1) is 0 Å². The molecule has 6 heteroatoms. The Kier molecular flexibility index (Phi) is 5.49. The zero-order valence-electron chi connectivity index (χ0n) is 11.9. The number of nitrogens with one attached hydrogen (secondary N) is 1. The molecule has 110 valence electrons. The first-order chi connectivity index (χ1) is 9.42. The molecule has 6 nitrogen and oxygen atoms in total. The van der Waals surface area contributed by atoms with E-state index in [4.69, 9.17) is 5.11 Å². The molecule has 2 N–H and O–H groups in total. The summed E-state index contributed by atoms with van der Waals surface area (Å²) in [6.07, 6.45) is 2.25. The maximum Gasteiger partial charge on any atom is 0.326 e. The lowest BCUT2D eigenvalue weighted by molar-refractivity contribution is -0.142. The van der Waals surface area contributed by atoms with Crippen molar-refractivity contribution in [3.05, 3.63) is 34.2 Å². The van der Waals surface area contributed by atoms with Crippen LogP contribution in [0.3, 0.4) is 0 Å². The van der Waals surface area contributed by atoms with Crippen molar-refractivity contribution in [2.45, 2.75) is 45.7 Å².